The third-order valence-electron chi connectivity index (χ3n) is 3.12. The lowest BCUT2D eigenvalue weighted by Crippen LogP contribution is -2.16. The molecule has 3 aromatic rings. The first-order valence-corrected chi connectivity index (χ1v) is 6.57. The van der Waals surface area contributed by atoms with Gasteiger partial charge in [-0.3, -0.25) is 5.32 Å². The second-order valence-electron chi connectivity index (χ2n) is 4.69. The summed E-state index contributed by atoms with van der Waals surface area (Å²) in [6.07, 6.45) is 0.0224. The summed E-state index contributed by atoms with van der Waals surface area (Å²) < 4.78 is 25.3. The van der Waals surface area contributed by atoms with E-state index in [1.165, 1.54) is 29.0 Å². The summed E-state index contributed by atoms with van der Waals surface area (Å²) in [4.78, 5) is 15.8. The lowest BCUT2D eigenvalue weighted by Gasteiger charge is -2.12. The first-order valence-electron chi connectivity index (χ1n) is 6.57. The Labute approximate surface area is 124 Å². The van der Waals surface area contributed by atoms with Gasteiger partial charge in [-0.2, -0.15) is 14.6 Å². The van der Waals surface area contributed by atoms with E-state index in [1.807, 2.05) is 0 Å². The van der Waals surface area contributed by atoms with E-state index in [2.05, 4.69) is 15.4 Å². The largest absolute Gasteiger partial charge is 0.438 e. The Balaban J connectivity index is 1.70. The van der Waals surface area contributed by atoms with Gasteiger partial charge < -0.3 is 9.15 Å². The van der Waals surface area contributed by atoms with Crippen LogP contribution in [0.3, 0.4) is 0 Å². The monoisotopic (exact) mass is 304 g/mol. The van der Waals surface area contributed by atoms with Gasteiger partial charge in [-0.1, -0.05) is 6.07 Å². The number of aryl methyl sites for hydroxylation is 1. The lowest BCUT2D eigenvalue weighted by atomic mass is 10.2. The zero-order chi connectivity index (χ0) is 15.7. The Morgan fingerprint density at radius 2 is 2.32 bits per heavy atom. The molecule has 1 atom stereocenters. The smallest absolute Gasteiger partial charge is 0.412 e. The van der Waals surface area contributed by atoms with Crippen molar-refractivity contribution in [2.75, 3.05) is 5.32 Å². The maximum Gasteiger partial charge on any atom is 0.412 e. The number of rotatable bonds is 3. The summed E-state index contributed by atoms with van der Waals surface area (Å²) in [5, 5.41) is 6.44. The number of aromatic nitrogens is 3. The molecule has 2 heterocycles. The molecule has 1 aromatic carbocycles. The Hall–Kier alpha value is -2.90. The van der Waals surface area contributed by atoms with E-state index >= 15 is 0 Å². The molecule has 0 fully saturated rings. The minimum absolute atomic E-state index is 0.310. The highest BCUT2D eigenvalue weighted by Crippen LogP contribution is 2.24. The quantitative estimate of drug-likeness (QED) is 0.804. The predicted molar refractivity (Wildman–Crippen MR) is 74.9 cm³/mol. The number of hydrogen-bond donors (Lipinski definition) is 1. The molecule has 0 saturated heterocycles. The van der Waals surface area contributed by atoms with Crippen molar-refractivity contribution in [2.45, 2.75) is 20.0 Å². The topological polar surface area (TPSA) is 81.7 Å². The fourth-order valence-electron chi connectivity index (χ4n) is 2.11. The molecule has 1 unspecified atom stereocenters. The molecule has 0 saturated carbocycles. The number of fused-ring (bicyclic) bond motifs is 1. The van der Waals surface area contributed by atoms with Crippen LogP contribution in [0.1, 0.15) is 24.5 Å². The number of carbonyl (C=O) groups excluding carboxylic acids is 1. The number of carbonyl (C=O) groups is 1. The minimum Gasteiger partial charge on any atom is -0.438 e. The highest BCUT2D eigenvalue weighted by atomic mass is 19.1. The van der Waals surface area contributed by atoms with Gasteiger partial charge in [-0.25, -0.2) is 9.18 Å². The van der Waals surface area contributed by atoms with Gasteiger partial charge in [0.05, 0.1) is 5.69 Å². The van der Waals surface area contributed by atoms with Crippen molar-refractivity contribution in [3.8, 4) is 0 Å². The molecular weight excluding hydrogens is 291 g/mol. The van der Waals surface area contributed by atoms with Crippen molar-refractivity contribution in [1.29, 1.82) is 0 Å². The molecule has 22 heavy (non-hydrogen) atoms. The number of halogens is 1. The van der Waals surface area contributed by atoms with E-state index in [4.69, 9.17) is 9.15 Å². The average Bonchev–Trinajstić information content (AvgIpc) is 3.02. The van der Waals surface area contributed by atoms with Gasteiger partial charge in [0, 0.05) is 5.69 Å². The summed E-state index contributed by atoms with van der Waals surface area (Å²) >= 11 is 0. The van der Waals surface area contributed by atoms with Crippen molar-refractivity contribution < 1.29 is 18.3 Å². The van der Waals surface area contributed by atoms with Crippen LogP contribution in [0.4, 0.5) is 14.9 Å². The molecule has 2 aromatic heterocycles. The second-order valence-corrected chi connectivity index (χ2v) is 4.69. The molecule has 1 amide bonds. The number of amides is 1. The zero-order valence-electron chi connectivity index (χ0n) is 11.9. The average molecular weight is 304 g/mol. The number of hydrogen-bond acceptors (Lipinski definition) is 5. The fraction of sp³-hybridized carbons (Fsp3) is 0.214. The molecule has 0 aliphatic rings. The van der Waals surface area contributed by atoms with E-state index < -0.39 is 18.0 Å². The van der Waals surface area contributed by atoms with Gasteiger partial charge in [0.1, 0.15) is 12.1 Å². The van der Waals surface area contributed by atoms with Crippen molar-refractivity contribution >= 4 is 17.6 Å². The molecule has 0 aliphatic heterocycles. The van der Waals surface area contributed by atoms with Gasteiger partial charge in [0.15, 0.2) is 11.9 Å². The lowest BCUT2D eigenvalue weighted by molar-refractivity contribution is 0.108. The van der Waals surface area contributed by atoms with E-state index in [0.29, 0.717) is 23.0 Å². The van der Waals surface area contributed by atoms with Crippen LogP contribution in [-0.2, 0) is 4.74 Å². The van der Waals surface area contributed by atoms with Crippen molar-refractivity contribution in [2.24, 2.45) is 0 Å². The Kier molecular flexibility index (Phi) is 3.50. The van der Waals surface area contributed by atoms with Gasteiger partial charge in [-0.15, -0.1) is 0 Å². The van der Waals surface area contributed by atoms with Gasteiger partial charge in [0.2, 0.25) is 0 Å². The number of ether oxygens (including phenoxy) is 1. The summed E-state index contributed by atoms with van der Waals surface area (Å²) in [5.41, 5.74) is 1.00. The normalized spacial score (nSPS) is 12.3. The van der Waals surface area contributed by atoms with Crippen LogP contribution in [0.5, 0.6) is 0 Å². The van der Waals surface area contributed by atoms with Crippen LogP contribution in [0.25, 0.3) is 5.84 Å². The van der Waals surface area contributed by atoms with Crippen LogP contribution >= 0.6 is 0 Å². The van der Waals surface area contributed by atoms with Crippen molar-refractivity contribution in [3.63, 3.8) is 0 Å². The zero-order valence-corrected chi connectivity index (χ0v) is 11.9. The molecule has 8 heteroatoms. The highest BCUT2D eigenvalue weighted by molar-refractivity contribution is 5.84. The molecule has 0 aliphatic carbocycles. The van der Waals surface area contributed by atoms with Crippen molar-refractivity contribution in [1.82, 2.24) is 14.6 Å². The SMILES string of the molecule is Cc1c(C(C)OC(=O)Nc2cccc(F)c2)oc2ncnn12. The van der Waals surface area contributed by atoms with Crippen LogP contribution in [-0.4, -0.2) is 20.7 Å². The number of nitrogens with one attached hydrogen (secondary N) is 1. The van der Waals surface area contributed by atoms with Crippen LogP contribution in [0.15, 0.2) is 35.0 Å². The number of anilines is 1. The van der Waals surface area contributed by atoms with Gasteiger partial charge in [-0.05, 0) is 32.0 Å². The van der Waals surface area contributed by atoms with Crippen molar-refractivity contribution in [3.05, 3.63) is 47.9 Å². The summed E-state index contributed by atoms with van der Waals surface area (Å²) in [6.45, 7) is 3.45. The van der Waals surface area contributed by atoms with Crippen LogP contribution in [0, 0.1) is 12.7 Å². The third kappa shape index (κ3) is 2.62. The minimum atomic E-state index is -0.709. The van der Waals surface area contributed by atoms with E-state index in [0.717, 1.165) is 0 Å². The second kappa shape index (κ2) is 5.47. The van der Waals surface area contributed by atoms with E-state index in [-0.39, 0.29) is 0 Å². The number of benzene rings is 1. The molecule has 0 radical (unpaired) electrons. The highest BCUT2D eigenvalue weighted by Gasteiger charge is 2.21. The molecule has 0 spiro atoms. The molecule has 114 valence electrons. The third-order valence-corrected chi connectivity index (χ3v) is 3.12. The van der Waals surface area contributed by atoms with E-state index in [9.17, 15) is 9.18 Å². The van der Waals surface area contributed by atoms with Crippen LogP contribution < -0.4 is 5.32 Å². The van der Waals surface area contributed by atoms with E-state index in [1.54, 1.807) is 19.9 Å². The number of nitrogens with zero attached hydrogens (tertiary/aromatic N) is 3. The maximum atomic E-state index is 13.1. The van der Waals surface area contributed by atoms with Gasteiger partial charge >= 0.3 is 11.9 Å². The Morgan fingerprint density at radius 1 is 1.50 bits per heavy atom. The molecule has 0 bridgehead atoms. The fourth-order valence-corrected chi connectivity index (χ4v) is 2.11. The first kappa shape index (κ1) is 14.1. The maximum absolute atomic E-state index is 13.1. The summed E-state index contributed by atoms with van der Waals surface area (Å²) in [5.74, 6) is 0.332. The molecule has 1 N–H and O–H groups in total. The standard InChI is InChI=1S/C14H13FN4O3/c1-8-12(22-13-16-7-17-19(8)13)9(2)21-14(20)18-11-5-3-4-10(15)6-11/h3-7,9H,1-2H3,(H,18,20). The molecule has 7 nitrogen and oxygen atoms in total. The first-order chi connectivity index (χ1) is 10.5. The summed E-state index contributed by atoms with van der Waals surface area (Å²) in [7, 11) is 0. The Morgan fingerprint density at radius 3 is 3.05 bits per heavy atom. The molecular formula is C14H13FN4O3. The predicted octanol–water partition coefficient (Wildman–Crippen LogP) is 3.08. The number of oxazole rings is 1. The summed E-state index contributed by atoms with van der Waals surface area (Å²) in [6, 6.07) is 5.53. The Bertz CT molecular complexity index is 826. The van der Waals surface area contributed by atoms with Gasteiger partial charge in [0.25, 0.3) is 0 Å². The van der Waals surface area contributed by atoms with Crippen LogP contribution in [0.2, 0.25) is 0 Å². The molecule has 3 rings (SSSR count).